The second-order valence-electron chi connectivity index (χ2n) is 3.24. The molecule has 0 N–H and O–H groups in total. The van der Waals surface area contributed by atoms with Crippen molar-refractivity contribution in [3.05, 3.63) is 42.0 Å². The predicted octanol–water partition coefficient (Wildman–Crippen LogP) is 2.30. The standard InChI is InChI=1S/C7H4F2N4O6/c1-3-4(11(14)15)2-5(12(16)17)7(10(8)9)6(3)13(18)19/h2H,1H3. The number of halogens is 2. The molecular formula is C7H4F2N4O6. The van der Waals surface area contributed by atoms with Crippen molar-refractivity contribution in [2.45, 2.75) is 6.92 Å². The maximum absolute atomic E-state index is 12.6. The number of nitro groups is 3. The van der Waals surface area contributed by atoms with E-state index < -0.39 is 48.4 Å². The molecule has 0 heterocycles. The summed E-state index contributed by atoms with van der Waals surface area (Å²) < 4.78 is 25.2. The van der Waals surface area contributed by atoms with Crippen LogP contribution in [-0.2, 0) is 0 Å². The van der Waals surface area contributed by atoms with Gasteiger partial charge in [-0.15, -0.1) is 0 Å². The molecule has 0 saturated carbocycles. The zero-order valence-corrected chi connectivity index (χ0v) is 9.07. The smallest absolute Gasteiger partial charge is 0.258 e. The minimum atomic E-state index is -1.81. The van der Waals surface area contributed by atoms with E-state index in [1.807, 2.05) is 0 Å². The summed E-state index contributed by atoms with van der Waals surface area (Å²) in [5.74, 6) is 0. The van der Waals surface area contributed by atoms with E-state index in [2.05, 4.69) is 0 Å². The van der Waals surface area contributed by atoms with Gasteiger partial charge in [-0.05, 0) is 12.3 Å². The summed E-state index contributed by atoms with van der Waals surface area (Å²) in [6.07, 6.45) is 0. The molecule has 0 aromatic heterocycles. The average Bonchev–Trinajstić information content (AvgIpc) is 2.26. The molecule has 0 fully saturated rings. The molecule has 0 atom stereocenters. The van der Waals surface area contributed by atoms with Crippen LogP contribution >= 0.6 is 0 Å². The first-order chi connectivity index (χ1) is 8.68. The minimum absolute atomic E-state index is 0.254. The van der Waals surface area contributed by atoms with Gasteiger partial charge in [0.15, 0.2) is 0 Å². The molecule has 0 radical (unpaired) electrons. The zero-order valence-electron chi connectivity index (χ0n) is 9.07. The summed E-state index contributed by atoms with van der Waals surface area (Å²) >= 11 is 0. The Morgan fingerprint density at radius 1 is 1.00 bits per heavy atom. The third kappa shape index (κ3) is 2.36. The van der Waals surface area contributed by atoms with E-state index in [-0.39, 0.29) is 6.07 Å². The molecule has 1 aromatic rings. The first kappa shape index (κ1) is 14.1. The summed E-state index contributed by atoms with van der Waals surface area (Å²) in [6.45, 7) is 0.854. The van der Waals surface area contributed by atoms with Crippen LogP contribution in [0.1, 0.15) is 5.56 Å². The molecule has 10 nitrogen and oxygen atoms in total. The van der Waals surface area contributed by atoms with Crippen LogP contribution in [0.5, 0.6) is 0 Å². The fourth-order valence-electron chi connectivity index (χ4n) is 1.45. The zero-order chi connectivity index (χ0) is 14.9. The molecule has 1 rings (SSSR count). The van der Waals surface area contributed by atoms with Crippen molar-refractivity contribution in [3.63, 3.8) is 0 Å². The summed E-state index contributed by atoms with van der Waals surface area (Å²) in [7, 11) is 0. The normalized spacial score (nSPS) is 10.1. The Hall–Kier alpha value is -2.92. The highest BCUT2D eigenvalue weighted by atomic mass is 19.4. The van der Waals surface area contributed by atoms with E-state index >= 15 is 0 Å². The van der Waals surface area contributed by atoms with Crippen LogP contribution in [0.4, 0.5) is 31.7 Å². The van der Waals surface area contributed by atoms with E-state index in [1.54, 1.807) is 0 Å². The van der Waals surface area contributed by atoms with Crippen molar-refractivity contribution < 1.29 is 23.7 Å². The molecule has 0 spiro atoms. The second-order valence-corrected chi connectivity index (χ2v) is 3.24. The van der Waals surface area contributed by atoms with Gasteiger partial charge in [-0.25, -0.2) is 0 Å². The molecule has 0 aliphatic rings. The number of nitrogens with zero attached hydrogens (tertiary/aromatic N) is 4. The first-order valence-corrected chi connectivity index (χ1v) is 4.41. The molecule has 0 amide bonds. The Labute approximate surface area is 102 Å². The summed E-state index contributed by atoms with van der Waals surface area (Å²) in [4.78, 5) is 28.1. The van der Waals surface area contributed by atoms with E-state index in [1.165, 1.54) is 0 Å². The minimum Gasteiger partial charge on any atom is -0.258 e. The summed E-state index contributed by atoms with van der Waals surface area (Å²) in [5.41, 5.74) is -6.09. The SMILES string of the molecule is Cc1c([N+](=O)[O-])cc([N+](=O)[O-])c(N(F)F)c1[N+](=O)[O-]. The lowest BCUT2D eigenvalue weighted by atomic mass is 10.1. The molecule has 102 valence electrons. The molecule has 1 aromatic carbocycles. The number of rotatable bonds is 4. The van der Waals surface area contributed by atoms with Crippen LogP contribution in [0.25, 0.3) is 0 Å². The lowest BCUT2D eigenvalue weighted by Crippen LogP contribution is -2.08. The molecule has 19 heavy (non-hydrogen) atoms. The van der Waals surface area contributed by atoms with E-state index in [4.69, 9.17) is 0 Å². The highest BCUT2D eigenvalue weighted by Gasteiger charge is 2.38. The van der Waals surface area contributed by atoms with E-state index in [0.717, 1.165) is 6.92 Å². The quantitative estimate of drug-likeness (QED) is 0.468. The average molecular weight is 278 g/mol. The Morgan fingerprint density at radius 2 is 1.47 bits per heavy atom. The van der Waals surface area contributed by atoms with Crippen molar-refractivity contribution in [3.8, 4) is 0 Å². The first-order valence-electron chi connectivity index (χ1n) is 4.41. The molecule has 0 unspecified atom stereocenters. The molecule has 0 bridgehead atoms. The van der Waals surface area contributed by atoms with Crippen molar-refractivity contribution in [2.24, 2.45) is 0 Å². The van der Waals surface area contributed by atoms with Gasteiger partial charge in [0.25, 0.3) is 11.4 Å². The molecule has 0 aliphatic carbocycles. The van der Waals surface area contributed by atoms with E-state index in [0.29, 0.717) is 0 Å². The number of hydrogen-bond donors (Lipinski definition) is 0. The number of benzene rings is 1. The lowest BCUT2D eigenvalue weighted by molar-refractivity contribution is -0.403. The highest BCUT2D eigenvalue weighted by Crippen LogP contribution is 2.44. The third-order valence-corrected chi connectivity index (χ3v) is 2.22. The number of nitro benzene ring substituents is 3. The van der Waals surface area contributed by atoms with Gasteiger partial charge >= 0.3 is 11.4 Å². The number of anilines is 1. The van der Waals surface area contributed by atoms with Gasteiger partial charge in [0.1, 0.15) is 5.56 Å². The topological polar surface area (TPSA) is 133 Å². The molecule has 0 saturated heterocycles. The Bertz CT molecular complexity index is 589. The largest absolute Gasteiger partial charge is 0.315 e. The monoisotopic (exact) mass is 278 g/mol. The highest BCUT2D eigenvalue weighted by molar-refractivity contribution is 5.79. The molecular weight excluding hydrogens is 274 g/mol. The van der Waals surface area contributed by atoms with Gasteiger partial charge in [-0.3, -0.25) is 30.3 Å². The second kappa shape index (κ2) is 4.75. The van der Waals surface area contributed by atoms with Crippen molar-refractivity contribution in [1.29, 1.82) is 0 Å². The van der Waals surface area contributed by atoms with Crippen LogP contribution in [0.15, 0.2) is 6.07 Å². The fourth-order valence-corrected chi connectivity index (χ4v) is 1.45. The van der Waals surface area contributed by atoms with Crippen LogP contribution in [0, 0.1) is 37.3 Å². The van der Waals surface area contributed by atoms with Crippen molar-refractivity contribution in [2.75, 3.05) is 5.34 Å². The predicted molar refractivity (Wildman–Crippen MR) is 55.8 cm³/mol. The van der Waals surface area contributed by atoms with Gasteiger partial charge in [-0.1, -0.05) is 8.96 Å². The van der Waals surface area contributed by atoms with Crippen LogP contribution in [-0.4, -0.2) is 14.8 Å². The Morgan fingerprint density at radius 3 is 1.79 bits per heavy atom. The molecule has 12 heteroatoms. The maximum Gasteiger partial charge on any atom is 0.315 e. The van der Waals surface area contributed by atoms with Gasteiger partial charge < -0.3 is 0 Å². The van der Waals surface area contributed by atoms with Crippen molar-refractivity contribution >= 4 is 22.7 Å². The summed E-state index contributed by atoms with van der Waals surface area (Å²) in [5, 5.41) is 30.1. The van der Waals surface area contributed by atoms with Crippen LogP contribution < -0.4 is 5.34 Å². The van der Waals surface area contributed by atoms with Gasteiger partial charge in [0.05, 0.1) is 20.8 Å². The Balaban J connectivity index is 3.89. The van der Waals surface area contributed by atoms with Crippen LogP contribution in [0.3, 0.4) is 0 Å². The molecule has 0 aliphatic heterocycles. The number of hydrogen-bond acceptors (Lipinski definition) is 7. The Kier molecular flexibility index (Phi) is 3.54. The maximum atomic E-state index is 12.6. The van der Waals surface area contributed by atoms with Gasteiger partial charge in [-0.2, -0.15) is 0 Å². The fraction of sp³-hybridized carbons (Fsp3) is 0.143. The third-order valence-electron chi connectivity index (χ3n) is 2.22. The van der Waals surface area contributed by atoms with Gasteiger partial charge in [0, 0.05) is 0 Å². The lowest BCUT2D eigenvalue weighted by Gasteiger charge is -2.07. The van der Waals surface area contributed by atoms with Crippen LogP contribution in [0.2, 0.25) is 0 Å². The summed E-state index contributed by atoms with van der Waals surface area (Å²) in [6, 6.07) is 0.254. The van der Waals surface area contributed by atoms with E-state index in [9.17, 15) is 39.3 Å². The van der Waals surface area contributed by atoms with Crippen molar-refractivity contribution in [1.82, 2.24) is 0 Å². The van der Waals surface area contributed by atoms with Gasteiger partial charge in [0.2, 0.25) is 0 Å².